The highest BCUT2D eigenvalue weighted by Crippen LogP contribution is 2.19. The molecule has 2 aromatic rings. The lowest BCUT2D eigenvalue weighted by Crippen LogP contribution is -2.19. The van der Waals surface area contributed by atoms with Gasteiger partial charge in [-0.15, -0.1) is 11.3 Å². The van der Waals surface area contributed by atoms with E-state index >= 15 is 0 Å². The lowest BCUT2D eigenvalue weighted by atomic mass is 10.2. The van der Waals surface area contributed by atoms with E-state index in [9.17, 15) is 0 Å². The minimum Gasteiger partial charge on any atom is -0.465 e. The molecule has 0 aliphatic carbocycles. The summed E-state index contributed by atoms with van der Waals surface area (Å²) in [4.78, 5) is 4.35. The Balaban J connectivity index is 1.92. The fourth-order valence-electron chi connectivity index (χ4n) is 1.74. The Bertz CT molecular complexity index is 436. The molecule has 0 fully saturated rings. The van der Waals surface area contributed by atoms with E-state index in [0.717, 1.165) is 35.9 Å². The fourth-order valence-corrected chi connectivity index (χ4v) is 2.54. The summed E-state index contributed by atoms with van der Waals surface area (Å²) in [5.41, 5.74) is 0. The first kappa shape index (κ1) is 12.3. The minimum absolute atomic E-state index is 0.324. The third kappa shape index (κ3) is 3.17. The molecule has 0 radical (unpaired) electrons. The maximum absolute atomic E-state index is 5.67. The maximum atomic E-state index is 5.67. The van der Waals surface area contributed by atoms with Crippen molar-refractivity contribution in [1.82, 2.24) is 10.3 Å². The third-order valence-electron chi connectivity index (χ3n) is 2.75. The van der Waals surface area contributed by atoms with E-state index in [-0.39, 0.29) is 0 Å². The molecule has 1 N–H and O–H groups in total. The van der Waals surface area contributed by atoms with Gasteiger partial charge in [-0.05, 0) is 18.6 Å². The number of thiazole rings is 1. The molecule has 17 heavy (non-hydrogen) atoms. The molecule has 92 valence electrons. The van der Waals surface area contributed by atoms with Gasteiger partial charge in [0.1, 0.15) is 16.5 Å². The molecule has 0 saturated carbocycles. The summed E-state index contributed by atoms with van der Waals surface area (Å²) in [6.07, 6.45) is 3.84. The molecule has 0 bridgehead atoms. The number of nitrogens with zero attached hydrogens (tertiary/aromatic N) is 1. The van der Waals surface area contributed by atoms with E-state index in [1.54, 1.807) is 11.3 Å². The van der Waals surface area contributed by atoms with E-state index in [4.69, 9.17) is 4.42 Å². The van der Waals surface area contributed by atoms with Crippen molar-refractivity contribution < 1.29 is 4.42 Å². The molecule has 0 saturated heterocycles. The molecular weight excluding hydrogens is 232 g/mol. The smallest absolute Gasteiger partial charge is 0.117 e. The second-order valence-corrected chi connectivity index (χ2v) is 4.86. The average Bonchev–Trinajstić information content (AvgIpc) is 3.00. The first-order chi connectivity index (χ1) is 8.33. The second-order valence-electron chi connectivity index (χ2n) is 3.93. The van der Waals surface area contributed by atoms with Gasteiger partial charge in [-0.25, -0.2) is 4.98 Å². The monoisotopic (exact) mass is 250 g/mol. The standard InChI is InChI=1S/C13H18N2OS/c1-3-10-5-6-11(16-10)9-15-12(4-2)13-14-7-8-17-13/h5-8,12,15H,3-4,9H2,1-2H3. The van der Waals surface area contributed by atoms with Crippen molar-refractivity contribution in [2.45, 2.75) is 39.3 Å². The normalized spacial score (nSPS) is 12.8. The van der Waals surface area contributed by atoms with Crippen molar-refractivity contribution in [3.63, 3.8) is 0 Å². The number of aromatic nitrogens is 1. The third-order valence-corrected chi connectivity index (χ3v) is 3.64. The quantitative estimate of drug-likeness (QED) is 0.852. The number of hydrogen-bond acceptors (Lipinski definition) is 4. The molecular formula is C13H18N2OS. The van der Waals surface area contributed by atoms with Crippen molar-refractivity contribution in [2.24, 2.45) is 0 Å². The summed E-state index contributed by atoms with van der Waals surface area (Å²) in [6, 6.07) is 4.41. The molecule has 4 heteroatoms. The van der Waals surface area contributed by atoms with Crippen LogP contribution >= 0.6 is 11.3 Å². The van der Waals surface area contributed by atoms with E-state index in [1.807, 2.05) is 23.7 Å². The Morgan fingerprint density at radius 1 is 1.35 bits per heavy atom. The Morgan fingerprint density at radius 3 is 2.76 bits per heavy atom. The highest BCUT2D eigenvalue weighted by Gasteiger charge is 2.11. The molecule has 3 nitrogen and oxygen atoms in total. The van der Waals surface area contributed by atoms with Crippen LogP contribution in [0.1, 0.15) is 42.8 Å². The Labute approximate surface area is 106 Å². The van der Waals surface area contributed by atoms with E-state index in [1.165, 1.54) is 0 Å². The van der Waals surface area contributed by atoms with Crippen LogP contribution in [0.4, 0.5) is 0 Å². The van der Waals surface area contributed by atoms with Gasteiger partial charge in [0, 0.05) is 18.0 Å². The molecule has 1 atom stereocenters. The number of nitrogens with one attached hydrogen (secondary N) is 1. The predicted octanol–water partition coefficient (Wildman–Crippen LogP) is 3.54. The van der Waals surface area contributed by atoms with Gasteiger partial charge in [-0.3, -0.25) is 0 Å². The lowest BCUT2D eigenvalue weighted by Gasteiger charge is -2.12. The van der Waals surface area contributed by atoms with Crippen molar-refractivity contribution in [3.8, 4) is 0 Å². The number of rotatable bonds is 6. The first-order valence-electron chi connectivity index (χ1n) is 6.03. The maximum Gasteiger partial charge on any atom is 0.117 e. The summed E-state index contributed by atoms with van der Waals surface area (Å²) in [5.74, 6) is 2.04. The van der Waals surface area contributed by atoms with Crippen LogP contribution in [0.15, 0.2) is 28.1 Å². The second kappa shape index (κ2) is 5.98. The summed E-state index contributed by atoms with van der Waals surface area (Å²) < 4.78 is 5.67. The van der Waals surface area contributed by atoms with Crippen LogP contribution in [-0.2, 0) is 13.0 Å². The largest absolute Gasteiger partial charge is 0.465 e. The molecule has 0 aliphatic heterocycles. The van der Waals surface area contributed by atoms with Gasteiger partial charge in [-0.2, -0.15) is 0 Å². The predicted molar refractivity (Wildman–Crippen MR) is 70.1 cm³/mol. The van der Waals surface area contributed by atoms with Crippen LogP contribution in [-0.4, -0.2) is 4.98 Å². The lowest BCUT2D eigenvalue weighted by molar-refractivity contribution is 0.423. The Morgan fingerprint density at radius 2 is 2.18 bits per heavy atom. The van der Waals surface area contributed by atoms with Gasteiger partial charge in [0.15, 0.2) is 0 Å². The van der Waals surface area contributed by atoms with E-state index in [2.05, 4.69) is 24.1 Å². The van der Waals surface area contributed by atoms with Crippen LogP contribution in [0.25, 0.3) is 0 Å². The van der Waals surface area contributed by atoms with Crippen LogP contribution < -0.4 is 5.32 Å². The summed E-state index contributed by atoms with van der Waals surface area (Å²) >= 11 is 1.70. The van der Waals surface area contributed by atoms with Crippen LogP contribution in [0.2, 0.25) is 0 Å². The van der Waals surface area contributed by atoms with Crippen molar-refractivity contribution in [3.05, 3.63) is 40.2 Å². The Hall–Kier alpha value is -1.13. The van der Waals surface area contributed by atoms with Crippen LogP contribution in [0.3, 0.4) is 0 Å². The van der Waals surface area contributed by atoms with E-state index < -0.39 is 0 Å². The molecule has 2 aromatic heterocycles. The van der Waals surface area contributed by atoms with Crippen molar-refractivity contribution >= 4 is 11.3 Å². The first-order valence-corrected chi connectivity index (χ1v) is 6.91. The van der Waals surface area contributed by atoms with Crippen LogP contribution in [0, 0.1) is 0 Å². The van der Waals surface area contributed by atoms with Gasteiger partial charge in [0.05, 0.1) is 12.6 Å². The molecule has 0 aromatic carbocycles. The Kier molecular flexibility index (Phi) is 4.34. The highest BCUT2D eigenvalue weighted by atomic mass is 32.1. The molecule has 1 unspecified atom stereocenters. The zero-order valence-electron chi connectivity index (χ0n) is 10.3. The molecule has 0 amide bonds. The summed E-state index contributed by atoms with van der Waals surface area (Å²) in [7, 11) is 0. The minimum atomic E-state index is 0.324. The van der Waals surface area contributed by atoms with Gasteiger partial charge in [-0.1, -0.05) is 13.8 Å². The molecule has 2 heterocycles. The SMILES string of the molecule is CCc1ccc(CNC(CC)c2nccs2)o1. The zero-order chi connectivity index (χ0) is 12.1. The molecule has 2 rings (SSSR count). The van der Waals surface area contributed by atoms with Gasteiger partial charge >= 0.3 is 0 Å². The van der Waals surface area contributed by atoms with Crippen molar-refractivity contribution in [2.75, 3.05) is 0 Å². The van der Waals surface area contributed by atoms with E-state index in [0.29, 0.717) is 6.04 Å². The van der Waals surface area contributed by atoms with Gasteiger partial charge in [0.25, 0.3) is 0 Å². The van der Waals surface area contributed by atoms with Crippen molar-refractivity contribution in [1.29, 1.82) is 0 Å². The number of furan rings is 1. The van der Waals surface area contributed by atoms with Gasteiger partial charge in [0.2, 0.25) is 0 Å². The topological polar surface area (TPSA) is 38.1 Å². The van der Waals surface area contributed by atoms with Gasteiger partial charge < -0.3 is 9.73 Å². The fraction of sp³-hybridized carbons (Fsp3) is 0.462. The number of aryl methyl sites for hydroxylation is 1. The van der Waals surface area contributed by atoms with Crippen LogP contribution in [0.5, 0.6) is 0 Å². The average molecular weight is 250 g/mol. The summed E-state index contributed by atoms with van der Waals surface area (Å²) in [5, 5.41) is 6.64. The zero-order valence-corrected chi connectivity index (χ0v) is 11.1. The molecule has 0 spiro atoms. The summed E-state index contributed by atoms with van der Waals surface area (Å²) in [6.45, 7) is 5.03. The highest BCUT2D eigenvalue weighted by molar-refractivity contribution is 7.09. The molecule has 0 aliphatic rings. The number of hydrogen-bond donors (Lipinski definition) is 1.